The number of ether oxygens (including phenoxy) is 4. The third-order valence-electron chi connectivity index (χ3n) is 5.93. The molecule has 0 unspecified atom stereocenters. The van der Waals surface area contributed by atoms with Crippen LogP contribution in [0.15, 0.2) is 58.8 Å². The molecule has 0 saturated carbocycles. The molecule has 0 aliphatic carbocycles. The summed E-state index contributed by atoms with van der Waals surface area (Å²) < 4.78 is 22.7. The second-order valence-electron chi connectivity index (χ2n) is 8.89. The van der Waals surface area contributed by atoms with Crippen LogP contribution in [0.25, 0.3) is 0 Å². The number of para-hydroxylation sites is 1. The van der Waals surface area contributed by atoms with E-state index in [0.717, 1.165) is 12.0 Å². The van der Waals surface area contributed by atoms with E-state index in [1.165, 1.54) is 6.21 Å². The second-order valence-corrected chi connectivity index (χ2v) is 9.29. The Morgan fingerprint density at radius 2 is 1.85 bits per heavy atom. The normalized spacial score (nSPS) is 15.6. The molecule has 11 heteroatoms. The fourth-order valence-electron chi connectivity index (χ4n) is 3.88. The van der Waals surface area contributed by atoms with Crippen molar-refractivity contribution in [3.8, 4) is 17.2 Å². The van der Waals surface area contributed by atoms with E-state index in [1.807, 2.05) is 32.0 Å². The summed E-state index contributed by atoms with van der Waals surface area (Å²) in [5, 5.41) is 10.5. The highest BCUT2D eigenvalue weighted by Gasteiger charge is 2.32. The summed E-state index contributed by atoms with van der Waals surface area (Å²) in [6, 6.07) is 11.9. The van der Waals surface area contributed by atoms with Crippen molar-refractivity contribution in [2.24, 2.45) is 5.10 Å². The fraction of sp³-hybridized carbons (Fsp3) is 0.379. The molecule has 0 saturated heterocycles. The minimum atomic E-state index is -0.614. The average Bonchev–Trinajstić information content (AvgIpc) is 2.93. The van der Waals surface area contributed by atoms with Crippen molar-refractivity contribution < 1.29 is 28.5 Å². The Balaban J connectivity index is 1.67. The summed E-state index contributed by atoms with van der Waals surface area (Å²) in [5.41, 5.74) is 4.80. The summed E-state index contributed by atoms with van der Waals surface area (Å²) in [5.74, 6) is 0.747. The van der Waals surface area contributed by atoms with Gasteiger partial charge in [-0.3, -0.25) is 4.79 Å². The van der Waals surface area contributed by atoms with Crippen LogP contribution >= 0.6 is 12.2 Å². The standard InChI is InChI=1S/C29H36N4O6S/c1-6-18(4)39-23-14-13-20(15-24(23)36-7-2)16-30-33-25(34)17-38-22-12-10-9-11-21(22)27-26(28(35)37-8-3)19(5)31-29(40)32-27/h9-16,18,27H,6-8,17H2,1-5H3,(H,33,34)(H2,31,32,40)/t18-,27+/m1/s1. The van der Waals surface area contributed by atoms with Crippen molar-refractivity contribution in [2.45, 2.75) is 53.2 Å². The molecule has 1 aliphatic heterocycles. The van der Waals surface area contributed by atoms with Gasteiger partial charge in [0.05, 0.1) is 37.1 Å². The molecule has 1 heterocycles. The van der Waals surface area contributed by atoms with E-state index >= 15 is 0 Å². The number of thiocarbonyl (C=S) groups is 1. The number of carbonyl (C=O) groups is 2. The lowest BCUT2D eigenvalue weighted by Gasteiger charge is -2.30. The summed E-state index contributed by atoms with van der Waals surface area (Å²) in [7, 11) is 0. The lowest BCUT2D eigenvalue weighted by atomic mass is 9.95. The van der Waals surface area contributed by atoms with Crippen LogP contribution in [0, 0.1) is 0 Å². The Morgan fingerprint density at radius 3 is 2.58 bits per heavy atom. The van der Waals surface area contributed by atoms with Crippen LogP contribution in [0.2, 0.25) is 0 Å². The largest absolute Gasteiger partial charge is 0.490 e. The third-order valence-corrected chi connectivity index (χ3v) is 6.15. The number of carbonyl (C=O) groups excluding carboxylic acids is 2. The van der Waals surface area contributed by atoms with Crippen LogP contribution in [0.5, 0.6) is 17.2 Å². The first-order chi connectivity index (χ1) is 19.3. The molecule has 3 rings (SSSR count). The van der Waals surface area contributed by atoms with Crippen molar-refractivity contribution in [1.82, 2.24) is 16.1 Å². The Hall–Kier alpha value is -4.12. The molecule has 2 atom stereocenters. The Labute approximate surface area is 240 Å². The molecular weight excluding hydrogens is 532 g/mol. The SMILES string of the molecule is CCOC(=O)C1=C(C)NC(=S)N[C@H]1c1ccccc1OCC(=O)NN=Cc1ccc(O[C@H](C)CC)c(OCC)c1. The van der Waals surface area contributed by atoms with Crippen LogP contribution in [-0.4, -0.2) is 49.1 Å². The monoisotopic (exact) mass is 568 g/mol. The number of hydrogen-bond acceptors (Lipinski definition) is 8. The lowest BCUT2D eigenvalue weighted by Crippen LogP contribution is -2.45. The summed E-state index contributed by atoms with van der Waals surface area (Å²) in [6.45, 7) is 9.86. The third kappa shape index (κ3) is 8.19. The zero-order valence-corrected chi connectivity index (χ0v) is 24.2. The van der Waals surface area contributed by atoms with Crippen molar-refractivity contribution in [3.63, 3.8) is 0 Å². The van der Waals surface area contributed by atoms with E-state index in [1.54, 1.807) is 38.1 Å². The first-order valence-corrected chi connectivity index (χ1v) is 13.6. The van der Waals surface area contributed by atoms with E-state index in [2.05, 4.69) is 28.1 Å². The number of hydrogen-bond donors (Lipinski definition) is 3. The van der Waals surface area contributed by atoms with Crippen LogP contribution in [0.3, 0.4) is 0 Å². The van der Waals surface area contributed by atoms with Gasteiger partial charge in [0.2, 0.25) is 0 Å². The molecule has 40 heavy (non-hydrogen) atoms. The zero-order valence-electron chi connectivity index (χ0n) is 23.4. The van der Waals surface area contributed by atoms with Gasteiger partial charge in [0.15, 0.2) is 23.2 Å². The highest BCUT2D eigenvalue weighted by molar-refractivity contribution is 7.80. The smallest absolute Gasteiger partial charge is 0.338 e. The maximum atomic E-state index is 12.7. The van der Waals surface area contributed by atoms with Gasteiger partial charge in [0, 0.05) is 11.3 Å². The van der Waals surface area contributed by atoms with Gasteiger partial charge in [-0.25, -0.2) is 10.2 Å². The highest BCUT2D eigenvalue weighted by Crippen LogP contribution is 2.33. The van der Waals surface area contributed by atoms with Crippen molar-refractivity contribution >= 4 is 35.4 Å². The topological polar surface area (TPSA) is 120 Å². The number of nitrogens with one attached hydrogen (secondary N) is 3. The summed E-state index contributed by atoms with van der Waals surface area (Å²) >= 11 is 5.31. The maximum Gasteiger partial charge on any atom is 0.338 e. The molecule has 0 radical (unpaired) electrons. The Kier molecular flexibility index (Phi) is 11.3. The molecule has 1 aliphatic rings. The van der Waals surface area contributed by atoms with E-state index in [-0.39, 0.29) is 19.3 Å². The molecule has 0 bridgehead atoms. The molecular formula is C29H36N4O6S. The fourth-order valence-corrected chi connectivity index (χ4v) is 4.15. The summed E-state index contributed by atoms with van der Waals surface area (Å²) in [6.07, 6.45) is 2.44. The molecule has 2 aromatic carbocycles. The van der Waals surface area contributed by atoms with Gasteiger partial charge in [-0.1, -0.05) is 25.1 Å². The quantitative estimate of drug-likeness (QED) is 0.142. The number of nitrogens with zero attached hydrogens (tertiary/aromatic N) is 1. The van der Waals surface area contributed by atoms with E-state index in [0.29, 0.717) is 45.8 Å². The molecule has 3 N–H and O–H groups in total. The van der Waals surface area contributed by atoms with Crippen molar-refractivity contribution in [1.29, 1.82) is 0 Å². The number of amides is 1. The highest BCUT2D eigenvalue weighted by atomic mass is 32.1. The number of esters is 1. The molecule has 2 aromatic rings. The number of benzene rings is 2. The van der Waals surface area contributed by atoms with Gasteiger partial charge in [-0.15, -0.1) is 0 Å². The predicted molar refractivity (Wildman–Crippen MR) is 157 cm³/mol. The average molecular weight is 569 g/mol. The van der Waals surface area contributed by atoms with Crippen molar-refractivity contribution in [3.05, 3.63) is 64.9 Å². The minimum absolute atomic E-state index is 0.0575. The van der Waals surface area contributed by atoms with E-state index in [9.17, 15) is 9.59 Å². The van der Waals surface area contributed by atoms with Crippen molar-refractivity contribution in [2.75, 3.05) is 19.8 Å². The number of allylic oxidation sites excluding steroid dienone is 1. The molecule has 0 fully saturated rings. The predicted octanol–water partition coefficient (Wildman–Crippen LogP) is 4.15. The Bertz CT molecular complexity index is 1280. The minimum Gasteiger partial charge on any atom is -0.490 e. The first kappa shape index (κ1) is 30.4. The lowest BCUT2D eigenvalue weighted by molar-refractivity contribution is -0.139. The van der Waals surface area contributed by atoms with Gasteiger partial charge in [-0.05, 0) is 76.2 Å². The summed E-state index contributed by atoms with van der Waals surface area (Å²) in [4.78, 5) is 25.2. The van der Waals surface area contributed by atoms with Gasteiger partial charge in [0.25, 0.3) is 5.91 Å². The maximum absolute atomic E-state index is 12.7. The van der Waals surface area contributed by atoms with Crippen LogP contribution < -0.4 is 30.3 Å². The second kappa shape index (κ2) is 14.9. The number of rotatable bonds is 13. The van der Waals surface area contributed by atoms with Gasteiger partial charge in [-0.2, -0.15) is 5.10 Å². The molecule has 0 spiro atoms. The number of hydrazone groups is 1. The van der Waals surface area contributed by atoms with Crippen LogP contribution in [0.4, 0.5) is 0 Å². The van der Waals surface area contributed by atoms with Crippen LogP contribution in [0.1, 0.15) is 58.2 Å². The molecule has 1 amide bonds. The van der Waals surface area contributed by atoms with Gasteiger partial charge < -0.3 is 29.6 Å². The van der Waals surface area contributed by atoms with Crippen LogP contribution in [-0.2, 0) is 14.3 Å². The Morgan fingerprint density at radius 1 is 1.07 bits per heavy atom. The van der Waals surface area contributed by atoms with E-state index < -0.39 is 17.9 Å². The molecule has 214 valence electrons. The van der Waals surface area contributed by atoms with Gasteiger partial charge >= 0.3 is 5.97 Å². The molecule has 10 nitrogen and oxygen atoms in total. The van der Waals surface area contributed by atoms with Gasteiger partial charge in [0.1, 0.15) is 5.75 Å². The first-order valence-electron chi connectivity index (χ1n) is 13.2. The zero-order chi connectivity index (χ0) is 29.1. The van der Waals surface area contributed by atoms with E-state index in [4.69, 9.17) is 31.2 Å². The molecule has 0 aromatic heterocycles.